The van der Waals surface area contributed by atoms with Crippen LogP contribution in [0, 0.1) is 0 Å². The number of allylic oxidation sites excluding steroid dienone is 5. The van der Waals surface area contributed by atoms with Crippen molar-refractivity contribution in [1.82, 2.24) is 6.15 Å². The monoisotopic (exact) mass is 370 g/mol. The van der Waals surface area contributed by atoms with Gasteiger partial charge in [-0.1, -0.05) is 63.6 Å². The second-order valence-electron chi connectivity index (χ2n) is 4.65. The highest BCUT2D eigenvalue weighted by Crippen LogP contribution is 2.11. The topological polar surface area (TPSA) is 122 Å². The van der Waals surface area contributed by atoms with Gasteiger partial charge in [-0.15, -0.1) is 0 Å². The Kier molecular flexibility index (Phi) is 31.3. The molecule has 0 aromatic rings. The molecule has 0 saturated heterocycles. The van der Waals surface area contributed by atoms with Crippen LogP contribution in [0.4, 0.5) is 4.39 Å². The van der Waals surface area contributed by atoms with E-state index in [-0.39, 0.29) is 14.5 Å². The van der Waals surface area contributed by atoms with Crippen LogP contribution in [0.1, 0.15) is 48.3 Å². The first kappa shape index (κ1) is 30.9. The smallest absolute Gasteiger partial charge is 0.123 e. The standard InChI is InChI=1S/C11H16FNS.C6H14O2.H3N.H2O.2H2/c1-3-6-9(4-2)7-5-8-10(12)11(13)14;1-2-3-4-5-6-8-7;;;;/h3-4,6,8,11,14H,1-2,5,7,13H2;7H,2-6H2,1H3;1H3;1H2;2*1H/b9-6+,10-8-;;;;;/t11-;;;;;/m1...../s1. The Morgan fingerprint density at radius 1 is 1.38 bits per heavy atom. The van der Waals surface area contributed by atoms with Gasteiger partial charge < -0.3 is 17.4 Å². The Morgan fingerprint density at radius 2 is 2.00 bits per heavy atom. The Balaban J connectivity index is -0.0000000736. The van der Waals surface area contributed by atoms with Crippen molar-refractivity contribution in [2.75, 3.05) is 6.61 Å². The van der Waals surface area contributed by atoms with Crippen LogP contribution in [-0.2, 0) is 4.89 Å². The summed E-state index contributed by atoms with van der Waals surface area (Å²) in [5.74, 6) is -0.393. The van der Waals surface area contributed by atoms with Crippen molar-refractivity contribution in [1.29, 1.82) is 0 Å². The predicted molar refractivity (Wildman–Crippen MR) is 109 cm³/mol. The third-order valence-corrected chi connectivity index (χ3v) is 2.98. The van der Waals surface area contributed by atoms with Crippen molar-refractivity contribution in [2.24, 2.45) is 5.73 Å². The van der Waals surface area contributed by atoms with Gasteiger partial charge in [0, 0.05) is 2.85 Å². The summed E-state index contributed by atoms with van der Waals surface area (Å²) in [7, 11) is 0. The van der Waals surface area contributed by atoms with Crippen LogP contribution in [0.3, 0.4) is 0 Å². The summed E-state index contributed by atoms with van der Waals surface area (Å²) in [5.41, 5.74) is 6.24. The van der Waals surface area contributed by atoms with E-state index in [4.69, 9.17) is 11.0 Å². The lowest BCUT2D eigenvalue weighted by molar-refractivity contribution is -0.242. The van der Waals surface area contributed by atoms with E-state index in [9.17, 15) is 4.39 Å². The molecule has 0 fully saturated rings. The van der Waals surface area contributed by atoms with Crippen LogP contribution >= 0.6 is 12.6 Å². The van der Waals surface area contributed by atoms with E-state index >= 15 is 0 Å². The minimum atomic E-state index is -0.814. The molecule has 0 bridgehead atoms. The fraction of sp³-hybridized carbons (Fsp3) is 0.529. The Morgan fingerprint density at radius 3 is 2.42 bits per heavy atom. The third-order valence-electron chi connectivity index (χ3n) is 2.74. The Bertz CT molecular complexity index is 353. The first-order valence-electron chi connectivity index (χ1n) is 7.53. The van der Waals surface area contributed by atoms with Crippen molar-refractivity contribution in [2.45, 2.75) is 50.8 Å². The summed E-state index contributed by atoms with van der Waals surface area (Å²) >= 11 is 3.77. The minimum absolute atomic E-state index is 0. The molecule has 7 heteroatoms. The van der Waals surface area contributed by atoms with Crippen molar-refractivity contribution in [3.05, 3.63) is 48.9 Å². The van der Waals surface area contributed by atoms with Crippen LogP contribution in [-0.4, -0.2) is 22.7 Å². The van der Waals surface area contributed by atoms with Gasteiger partial charge in [-0.3, -0.25) is 5.26 Å². The summed E-state index contributed by atoms with van der Waals surface area (Å²) in [6, 6.07) is 0. The van der Waals surface area contributed by atoms with Crippen LogP contribution in [0.2, 0.25) is 0 Å². The van der Waals surface area contributed by atoms with E-state index in [1.807, 2.05) is 6.08 Å². The average molecular weight is 371 g/mol. The van der Waals surface area contributed by atoms with Gasteiger partial charge in [0.25, 0.3) is 0 Å². The molecule has 148 valence electrons. The molecule has 1 atom stereocenters. The van der Waals surface area contributed by atoms with E-state index in [0.29, 0.717) is 13.0 Å². The number of rotatable bonds is 11. The van der Waals surface area contributed by atoms with Crippen molar-refractivity contribution >= 4 is 12.6 Å². The summed E-state index contributed by atoms with van der Waals surface area (Å²) in [5, 5.41) is 7.05. The maximum Gasteiger partial charge on any atom is 0.123 e. The summed E-state index contributed by atoms with van der Waals surface area (Å²) < 4.78 is 12.9. The zero-order chi connectivity index (χ0) is 17.2. The van der Waals surface area contributed by atoms with Gasteiger partial charge in [0.05, 0.1) is 6.61 Å². The van der Waals surface area contributed by atoms with Gasteiger partial charge in [-0.25, -0.2) is 9.28 Å². The fourth-order valence-corrected chi connectivity index (χ4v) is 1.60. The molecular weight excluding hydrogens is 331 g/mol. The first-order chi connectivity index (χ1) is 10.5. The van der Waals surface area contributed by atoms with Crippen LogP contribution < -0.4 is 11.9 Å². The van der Waals surface area contributed by atoms with Crippen molar-refractivity contribution < 1.29 is 22.9 Å². The number of unbranched alkanes of at least 4 members (excludes halogenated alkanes) is 3. The van der Waals surface area contributed by atoms with E-state index in [2.05, 4.69) is 37.6 Å². The second kappa shape index (κ2) is 24.3. The molecule has 24 heavy (non-hydrogen) atoms. The SMILES string of the molecule is C=C/C=C(\C=C)CC/C=C(\F)[C@H](N)S.CCCCCCOO.N.O.[HH].[HH]. The highest BCUT2D eigenvalue weighted by atomic mass is 32.1. The number of thiol groups is 1. The lowest BCUT2D eigenvalue weighted by atomic mass is 10.1. The molecule has 0 spiro atoms. The maximum atomic E-state index is 12.9. The van der Waals surface area contributed by atoms with Gasteiger partial charge in [0.1, 0.15) is 11.2 Å². The van der Waals surface area contributed by atoms with E-state index in [0.717, 1.165) is 24.8 Å². The normalized spacial score (nSPS) is 12.0. The highest BCUT2D eigenvalue weighted by molar-refractivity contribution is 7.81. The van der Waals surface area contributed by atoms with Gasteiger partial charge in [0.2, 0.25) is 0 Å². The molecule has 0 aliphatic heterocycles. The highest BCUT2D eigenvalue weighted by Gasteiger charge is 2.00. The molecule has 0 aliphatic carbocycles. The largest absolute Gasteiger partial charge is 0.412 e. The fourth-order valence-electron chi connectivity index (χ4n) is 1.50. The zero-order valence-corrected chi connectivity index (χ0v) is 15.6. The van der Waals surface area contributed by atoms with Crippen molar-refractivity contribution in [3.8, 4) is 0 Å². The quantitative estimate of drug-likeness (QED) is 0.102. The lowest BCUT2D eigenvalue weighted by Gasteiger charge is -2.01. The number of halogens is 1. The number of nitrogens with two attached hydrogens (primary N) is 1. The molecule has 0 saturated carbocycles. The maximum absolute atomic E-state index is 12.9. The Labute approximate surface area is 154 Å². The van der Waals surface area contributed by atoms with E-state index in [1.165, 1.54) is 18.9 Å². The van der Waals surface area contributed by atoms with Crippen molar-refractivity contribution in [3.63, 3.8) is 0 Å². The van der Waals surface area contributed by atoms with Gasteiger partial charge in [-0.05, 0) is 24.8 Å². The Hall–Kier alpha value is -0.960. The van der Waals surface area contributed by atoms with Gasteiger partial charge in [-0.2, -0.15) is 12.6 Å². The molecule has 0 aromatic heterocycles. The molecule has 5 nitrogen and oxygen atoms in total. The number of hydrogen-bond acceptors (Lipinski definition) is 5. The minimum Gasteiger partial charge on any atom is -0.412 e. The molecule has 0 radical (unpaired) electrons. The molecule has 8 N–H and O–H groups in total. The molecule has 0 amide bonds. The predicted octanol–water partition coefficient (Wildman–Crippen LogP) is 5.02. The second-order valence-corrected chi connectivity index (χ2v) is 5.20. The lowest BCUT2D eigenvalue weighted by Crippen LogP contribution is -2.11. The molecule has 0 rings (SSSR count). The molecule has 0 unspecified atom stereocenters. The summed E-state index contributed by atoms with van der Waals surface area (Å²) in [6.45, 7) is 9.85. The first-order valence-corrected chi connectivity index (χ1v) is 8.04. The van der Waals surface area contributed by atoms with E-state index < -0.39 is 11.2 Å². The van der Waals surface area contributed by atoms with Crippen LogP contribution in [0.5, 0.6) is 0 Å². The van der Waals surface area contributed by atoms with Gasteiger partial charge >= 0.3 is 0 Å². The zero-order valence-electron chi connectivity index (χ0n) is 14.7. The molecule has 0 aromatic carbocycles. The third kappa shape index (κ3) is 23.3. The molecule has 0 aliphatic rings. The summed E-state index contributed by atoms with van der Waals surface area (Å²) in [4.78, 5) is 3.89. The van der Waals surface area contributed by atoms with E-state index in [1.54, 1.807) is 12.2 Å². The average Bonchev–Trinajstić information content (AvgIpc) is 2.51. The van der Waals surface area contributed by atoms with Crippen LogP contribution in [0.25, 0.3) is 0 Å². The van der Waals surface area contributed by atoms with Crippen LogP contribution in [0.15, 0.2) is 48.9 Å². The molecular formula is C17H39FN2O3S. The summed E-state index contributed by atoms with van der Waals surface area (Å²) in [6.07, 6.45) is 12.6. The number of hydrogen-bond donors (Lipinski definition) is 4. The van der Waals surface area contributed by atoms with Gasteiger partial charge in [0.15, 0.2) is 0 Å². The molecule has 0 heterocycles.